The molecule has 0 radical (unpaired) electrons. The number of benzene rings is 2. The molecule has 0 atom stereocenters. The van der Waals surface area contributed by atoms with Crippen molar-refractivity contribution < 1.29 is 9.59 Å². The Hall–Kier alpha value is -2.93. The molecule has 0 saturated carbocycles. The van der Waals surface area contributed by atoms with Crippen LogP contribution in [0.5, 0.6) is 0 Å². The molecule has 3 rings (SSSR count). The van der Waals surface area contributed by atoms with E-state index in [1.165, 1.54) is 4.70 Å². The number of nitrogens with two attached hydrogens (primary N) is 1. The predicted molar refractivity (Wildman–Crippen MR) is 104 cm³/mol. The molecular formula is C19H20N4O2S. The summed E-state index contributed by atoms with van der Waals surface area (Å²) in [5, 5.41) is 6.47. The number of aromatic nitrogens is 1. The fourth-order valence-electron chi connectivity index (χ4n) is 2.56. The number of thiazole rings is 1. The zero-order valence-electron chi connectivity index (χ0n) is 14.2. The SMILES string of the molecule is NC(=O)Nc1ccc(CNC(=O)CCCc2nc3ccccc3s2)cc1. The number of rotatable bonds is 7. The fourth-order valence-corrected chi connectivity index (χ4v) is 3.57. The van der Waals surface area contributed by atoms with Crippen molar-refractivity contribution in [3.8, 4) is 0 Å². The molecule has 4 N–H and O–H groups in total. The summed E-state index contributed by atoms with van der Waals surface area (Å²) in [5.41, 5.74) is 7.67. The number of para-hydroxylation sites is 1. The summed E-state index contributed by atoms with van der Waals surface area (Å²) in [7, 11) is 0. The fraction of sp³-hybridized carbons (Fsp3) is 0.211. The molecule has 3 amide bonds. The summed E-state index contributed by atoms with van der Waals surface area (Å²) in [6, 6.07) is 14.6. The first-order valence-electron chi connectivity index (χ1n) is 8.37. The van der Waals surface area contributed by atoms with Crippen LogP contribution in [0.15, 0.2) is 48.5 Å². The summed E-state index contributed by atoms with van der Waals surface area (Å²) >= 11 is 1.68. The van der Waals surface area contributed by atoms with E-state index >= 15 is 0 Å². The molecule has 0 unspecified atom stereocenters. The standard InChI is InChI=1S/C19H20N4O2S/c20-19(25)22-14-10-8-13(9-11-14)12-21-17(24)6-3-7-18-23-15-4-1-2-5-16(15)26-18/h1-2,4-5,8-11H,3,6-7,12H2,(H,21,24)(H3,20,22,25). The molecule has 0 bridgehead atoms. The number of primary amides is 1. The lowest BCUT2D eigenvalue weighted by atomic mass is 10.2. The number of aryl methyl sites for hydroxylation is 1. The summed E-state index contributed by atoms with van der Waals surface area (Å²) in [4.78, 5) is 27.3. The maximum absolute atomic E-state index is 12.0. The number of nitrogens with one attached hydrogen (secondary N) is 2. The second-order valence-electron chi connectivity index (χ2n) is 5.89. The van der Waals surface area contributed by atoms with E-state index in [1.807, 2.05) is 30.3 Å². The van der Waals surface area contributed by atoms with Crippen LogP contribution in [-0.2, 0) is 17.8 Å². The van der Waals surface area contributed by atoms with Crippen molar-refractivity contribution in [2.24, 2.45) is 5.73 Å². The molecule has 0 spiro atoms. The molecule has 0 aliphatic carbocycles. The lowest BCUT2D eigenvalue weighted by molar-refractivity contribution is -0.121. The molecule has 1 aromatic heterocycles. The van der Waals surface area contributed by atoms with E-state index in [0.29, 0.717) is 18.7 Å². The lowest BCUT2D eigenvalue weighted by Gasteiger charge is -2.06. The first-order valence-corrected chi connectivity index (χ1v) is 9.18. The average molecular weight is 368 g/mol. The smallest absolute Gasteiger partial charge is 0.316 e. The third kappa shape index (κ3) is 5.03. The summed E-state index contributed by atoms with van der Waals surface area (Å²) in [6.07, 6.45) is 2.05. The first kappa shape index (κ1) is 17.9. The molecule has 6 nitrogen and oxygen atoms in total. The highest BCUT2D eigenvalue weighted by molar-refractivity contribution is 7.18. The van der Waals surface area contributed by atoms with Gasteiger partial charge in [-0.1, -0.05) is 24.3 Å². The number of urea groups is 1. The number of anilines is 1. The Morgan fingerprint density at radius 3 is 2.58 bits per heavy atom. The van der Waals surface area contributed by atoms with Crippen LogP contribution in [0.3, 0.4) is 0 Å². The molecule has 2 aromatic carbocycles. The first-order chi connectivity index (χ1) is 12.6. The Bertz CT molecular complexity index is 872. The molecule has 0 saturated heterocycles. The van der Waals surface area contributed by atoms with Gasteiger partial charge in [-0.3, -0.25) is 4.79 Å². The molecule has 0 aliphatic heterocycles. The Morgan fingerprint density at radius 2 is 1.85 bits per heavy atom. The Labute approximate surface area is 155 Å². The van der Waals surface area contributed by atoms with E-state index in [2.05, 4.69) is 21.7 Å². The maximum Gasteiger partial charge on any atom is 0.316 e. The number of hydrogen-bond acceptors (Lipinski definition) is 4. The number of carbonyl (C=O) groups is 2. The van der Waals surface area contributed by atoms with Crippen LogP contribution in [0.25, 0.3) is 10.2 Å². The summed E-state index contributed by atoms with van der Waals surface area (Å²) < 4.78 is 1.18. The van der Waals surface area contributed by atoms with Gasteiger partial charge in [0.25, 0.3) is 0 Å². The van der Waals surface area contributed by atoms with Crippen molar-refractivity contribution >= 4 is 39.2 Å². The molecule has 1 heterocycles. The monoisotopic (exact) mass is 368 g/mol. The van der Waals surface area contributed by atoms with Crippen molar-refractivity contribution in [3.05, 3.63) is 59.1 Å². The third-order valence-corrected chi connectivity index (χ3v) is 4.94. The van der Waals surface area contributed by atoms with Gasteiger partial charge in [-0.2, -0.15) is 0 Å². The van der Waals surface area contributed by atoms with Gasteiger partial charge < -0.3 is 16.4 Å². The lowest BCUT2D eigenvalue weighted by Crippen LogP contribution is -2.22. The molecule has 134 valence electrons. The number of nitrogens with zero attached hydrogens (tertiary/aromatic N) is 1. The van der Waals surface area contributed by atoms with Gasteiger partial charge in [-0.25, -0.2) is 9.78 Å². The van der Waals surface area contributed by atoms with E-state index in [1.54, 1.807) is 23.5 Å². The van der Waals surface area contributed by atoms with E-state index < -0.39 is 6.03 Å². The van der Waals surface area contributed by atoms with Gasteiger partial charge in [0, 0.05) is 18.7 Å². The van der Waals surface area contributed by atoms with Crippen LogP contribution in [0.2, 0.25) is 0 Å². The Kier molecular flexibility index (Phi) is 5.80. The van der Waals surface area contributed by atoms with E-state index in [0.717, 1.165) is 28.9 Å². The number of fused-ring (bicyclic) bond motifs is 1. The third-order valence-electron chi connectivity index (χ3n) is 3.84. The van der Waals surface area contributed by atoms with Gasteiger partial charge in [0.15, 0.2) is 0 Å². The molecule has 0 aliphatic rings. The second kappa shape index (κ2) is 8.44. The van der Waals surface area contributed by atoms with E-state index in [-0.39, 0.29) is 5.91 Å². The highest BCUT2D eigenvalue weighted by atomic mass is 32.1. The quantitative estimate of drug-likeness (QED) is 0.596. The van der Waals surface area contributed by atoms with Crippen LogP contribution in [0.1, 0.15) is 23.4 Å². The zero-order chi connectivity index (χ0) is 18.4. The van der Waals surface area contributed by atoms with Crippen molar-refractivity contribution in [1.29, 1.82) is 0 Å². The number of amides is 3. The number of carbonyl (C=O) groups excluding carboxylic acids is 2. The highest BCUT2D eigenvalue weighted by Gasteiger charge is 2.06. The van der Waals surface area contributed by atoms with Gasteiger partial charge in [-0.15, -0.1) is 11.3 Å². The van der Waals surface area contributed by atoms with Gasteiger partial charge >= 0.3 is 6.03 Å². The van der Waals surface area contributed by atoms with Crippen LogP contribution in [0, 0.1) is 0 Å². The molecule has 7 heteroatoms. The predicted octanol–water partition coefficient (Wildman–Crippen LogP) is 3.43. The zero-order valence-corrected chi connectivity index (χ0v) is 15.0. The summed E-state index contributed by atoms with van der Waals surface area (Å²) in [6.45, 7) is 0.455. The molecule has 3 aromatic rings. The van der Waals surface area contributed by atoms with Crippen LogP contribution < -0.4 is 16.4 Å². The minimum absolute atomic E-state index is 0.0189. The minimum Gasteiger partial charge on any atom is -0.352 e. The van der Waals surface area contributed by atoms with Crippen molar-refractivity contribution in [3.63, 3.8) is 0 Å². The van der Waals surface area contributed by atoms with Crippen LogP contribution >= 0.6 is 11.3 Å². The molecule has 0 fully saturated rings. The van der Waals surface area contributed by atoms with Crippen LogP contribution in [0.4, 0.5) is 10.5 Å². The Morgan fingerprint density at radius 1 is 1.08 bits per heavy atom. The molecular weight excluding hydrogens is 348 g/mol. The van der Waals surface area contributed by atoms with Gasteiger partial charge in [0.05, 0.1) is 15.2 Å². The van der Waals surface area contributed by atoms with Gasteiger partial charge in [-0.05, 0) is 42.7 Å². The van der Waals surface area contributed by atoms with Crippen molar-refractivity contribution in [2.75, 3.05) is 5.32 Å². The highest BCUT2D eigenvalue weighted by Crippen LogP contribution is 2.22. The maximum atomic E-state index is 12.0. The second-order valence-corrected chi connectivity index (χ2v) is 7.01. The Balaban J connectivity index is 1.40. The average Bonchev–Trinajstić information content (AvgIpc) is 3.03. The van der Waals surface area contributed by atoms with Crippen LogP contribution in [-0.4, -0.2) is 16.9 Å². The normalized spacial score (nSPS) is 10.6. The van der Waals surface area contributed by atoms with E-state index in [9.17, 15) is 9.59 Å². The van der Waals surface area contributed by atoms with Crippen molar-refractivity contribution in [1.82, 2.24) is 10.3 Å². The van der Waals surface area contributed by atoms with Gasteiger partial charge in [0.1, 0.15) is 0 Å². The van der Waals surface area contributed by atoms with E-state index in [4.69, 9.17) is 5.73 Å². The number of hydrogen-bond donors (Lipinski definition) is 3. The minimum atomic E-state index is -0.598. The largest absolute Gasteiger partial charge is 0.352 e. The summed E-state index contributed by atoms with van der Waals surface area (Å²) in [5.74, 6) is 0.0189. The van der Waals surface area contributed by atoms with Gasteiger partial charge in [0.2, 0.25) is 5.91 Å². The van der Waals surface area contributed by atoms with Crippen molar-refractivity contribution in [2.45, 2.75) is 25.8 Å². The molecule has 26 heavy (non-hydrogen) atoms. The topological polar surface area (TPSA) is 97.1 Å².